The average Bonchev–Trinajstić information content (AvgIpc) is 3.19. The zero-order valence-corrected chi connectivity index (χ0v) is 14.5. The van der Waals surface area contributed by atoms with Crippen LogP contribution in [0.4, 0.5) is 5.69 Å². The van der Waals surface area contributed by atoms with Crippen LogP contribution in [-0.4, -0.2) is 37.0 Å². The number of carbonyl (C=O) groups excluding carboxylic acids is 3. The van der Waals surface area contributed by atoms with Gasteiger partial charge >= 0.3 is 5.97 Å². The second kappa shape index (κ2) is 6.26. The third-order valence-corrected chi connectivity index (χ3v) is 4.81. The molecule has 2 fully saturated rings. The molecular weight excluding hydrogens is 355 g/mol. The maximum Gasteiger partial charge on any atom is 0.331 e. The van der Waals surface area contributed by atoms with Crippen LogP contribution in [0.15, 0.2) is 18.2 Å². The van der Waals surface area contributed by atoms with Gasteiger partial charge in [-0.3, -0.25) is 9.59 Å². The molecule has 1 saturated carbocycles. The van der Waals surface area contributed by atoms with Gasteiger partial charge in [-0.15, -0.1) is 0 Å². The van der Waals surface area contributed by atoms with E-state index in [-0.39, 0.29) is 5.91 Å². The van der Waals surface area contributed by atoms with E-state index < -0.39 is 23.3 Å². The number of nitrogens with one attached hydrogen (secondary N) is 1. The van der Waals surface area contributed by atoms with Gasteiger partial charge in [0.05, 0.1) is 7.11 Å². The number of ether oxygens (including phenoxy) is 1. The highest BCUT2D eigenvalue weighted by Gasteiger charge is 2.54. The Morgan fingerprint density at radius 1 is 1.25 bits per heavy atom. The Labute approximate surface area is 149 Å². The number of hydrogen-bond donors (Lipinski definition) is 1. The third-order valence-electron chi connectivity index (χ3n) is 4.37. The van der Waals surface area contributed by atoms with Crippen LogP contribution in [0.25, 0.3) is 0 Å². The van der Waals surface area contributed by atoms with Crippen LogP contribution < -0.4 is 10.2 Å². The molecule has 24 heavy (non-hydrogen) atoms. The molecule has 1 aliphatic carbocycles. The first-order valence-corrected chi connectivity index (χ1v) is 8.30. The van der Waals surface area contributed by atoms with Crippen molar-refractivity contribution in [3.8, 4) is 0 Å². The molecule has 6 nitrogen and oxygen atoms in total. The molecule has 0 aromatic heterocycles. The second-order valence-corrected chi connectivity index (χ2v) is 6.89. The number of amides is 2. The van der Waals surface area contributed by atoms with Crippen LogP contribution in [0.2, 0.25) is 10.0 Å². The fourth-order valence-electron chi connectivity index (χ4n) is 2.90. The number of halogens is 2. The molecule has 0 unspecified atom stereocenters. The summed E-state index contributed by atoms with van der Waals surface area (Å²) in [5, 5.41) is 3.51. The van der Waals surface area contributed by atoms with Crippen LogP contribution in [0.1, 0.15) is 19.3 Å². The van der Waals surface area contributed by atoms with Gasteiger partial charge in [-0.05, 0) is 37.5 Å². The molecule has 1 aliphatic heterocycles. The minimum atomic E-state index is -0.959. The number of nitrogens with zero attached hydrogens (tertiary/aromatic N) is 1. The zero-order valence-electron chi connectivity index (χ0n) is 13.0. The Bertz CT molecular complexity index is 698. The van der Waals surface area contributed by atoms with E-state index in [9.17, 15) is 14.4 Å². The summed E-state index contributed by atoms with van der Waals surface area (Å²) in [6, 6.07) is 4.83. The van der Waals surface area contributed by atoms with Gasteiger partial charge in [0.2, 0.25) is 11.8 Å². The maximum atomic E-state index is 12.6. The van der Waals surface area contributed by atoms with Crippen LogP contribution in [0, 0.1) is 5.92 Å². The van der Waals surface area contributed by atoms with Crippen molar-refractivity contribution in [2.24, 2.45) is 5.92 Å². The average molecular weight is 371 g/mol. The molecule has 2 amide bonds. The van der Waals surface area contributed by atoms with Gasteiger partial charge in [-0.1, -0.05) is 23.2 Å². The van der Waals surface area contributed by atoms with E-state index in [0.29, 0.717) is 41.5 Å². The smallest absolute Gasteiger partial charge is 0.331 e. The van der Waals surface area contributed by atoms with Crippen LogP contribution in [0.5, 0.6) is 0 Å². The lowest BCUT2D eigenvalue weighted by molar-refractivity contribution is -0.147. The molecular formula is C16H16Cl2N2O4. The first kappa shape index (κ1) is 17.0. The molecule has 2 aliphatic rings. The molecule has 0 bridgehead atoms. The fraction of sp³-hybridized carbons (Fsp3) is 0.438. The largest absolute Gasteiger partial charge is 0.467 e. The van der Waals surface area contributed by atoms with Crippen LogP contribution >= 0.6 is 23.2 Å². The summed E-state index contributed by atoms with van der Waals surface area (Å²) in [7, 11) is 1.28. The monoisotopic (exact) mass is 370 g/mol. The summed E-state index contributed by atoms with van der Waals surface area (Å²) in [6.07, 6.45) is 1.42. The highest BCUT2D eigenvalue weighted by molar-refractivity contribution is 6.35. The number of anilines is 1. The predicted molar refractivity (Wildman–Crippen MR) is 89.0 cm³/mol. The lowest BCUT2D eigenvalue weighted by Gasteiger charge is -2.19. The molecule has 1 atom stereocenters. The molecule has 1 saturated heterocycles. The fourth-order valence-corrected chi connectivity index (χ4v) is 3.41. The number of benzene rings is 1. The van der Waals surface area contributed by atoms with E-state index in [1.165, 1.54) is 12.0 Å². The van der Waals surface area contributed by atoms with E-state index in [1.54, 1.807) is 18.2 Å². The number of rotatable bonds is 4. The van der Waals surface area contributed by atoms with E-state index >= 15 is 0 Å². The number of esters is 1. The Kier molecular flexibility index (Phi) is 4.44. The highest BCUT2D eigenvalue weighted by atomic mass is 35.5. The Morgan fingerprint density at radius 3 is 2.42 bits per heavy atom. The SMILES string of the molecule is COC(=O)C1(NC(=O)[C@@H]2CCN(c3cc(Cl)cc(Cl)c3)C2=O)CC1. The van der Waals surface area contributed by atoms with E-state index in [1.807, 2.05) is 0 Å². The van der Waals surface area contributed by atoms with Crippen molar-refractivity contribution in [2.45, 2.75) is 24.8 Å². The van der Waals surface area contributed by atoms with Gasteiger partial charge in [-0.2, -0.15) is 0 Å². The first-order chi connectivity index (χ1) is 11.4. The number of hydrogen-bond acceptors (Lipinski definition) is 4. The van der Waals surface area contributed by atoms with Gasteiger partial charge in [0.25, 0.3) is 0 Å². The van der Waals surface area contributed by atoms with Gasteiger partial charge < -0.3 is 15.0 Å². The lowest BCUT2D eigenvalue weighted by atomic mass is 10.1. The third kappa shape index (κ3) is 3.08. The van der Waals surface area contributed by atoms with Crippen molar-refractivity contribution in [2.75, 3.05) is 18.6 Å². The van der Waals surface area contributed by atoms with Crippen molar-refractivity contribution in [3.05, 3.63) is 28.2 Å². The number of methoxy groups -OCH3 is 1. The van der Waals surface area contributed by atoms with E-state index in [2.05, 4.69) is 5.32 Å². The molecule has 128 valence electrons. The Balaban J connectivity index is 1.72. The summed E-state index contributed by atoms with van der Waals surface area (Å²) < 4.78 is 4.71. The van der Waals surface area contributed by atoms with Crippen molar-refractivity contribution >= 4 is 46.7 Å². The normalized spacial score (nSPS) is 21.5. The Hall–Kier alpha value is -1.79. The van der Waals surface area contributed by atoms with Crippen LogP contribution in [0.3, 0.4) is 0 Å². The summed E-state index contributed by atoms with van der Waals surface area (Å²) >= 11 is 11.9. The van der Waals surface area contributed by atoms with Gasteiger partial charge in [0.1, 0.15) is 11.5 Å². The van der Waals surface area contributed by atoms with Gasteiger partial charge in [0.15, 0.2) is 0 Å². The molecule has 1 heterocycles. The first-order valence-electron chi connectivity index (χ1n) is 7.54. The summed E-state index contributed by atoms with van der Waals surface area (Å²) in [4.78, 5) is 38.2. The standard InChI is InChI=1S/C16H16Cl2N2O4/c1-24-15(23)16(3-4-16)19-13(21)12-2-5-20(14(12)22)11-7-9(17)6-10(18)8-11/h6-8,12H,2-5H2,1H3,(H,19,21)/t12-/m0/s1. The zero-order chi connectivity index (χ0) is 17.5. The molecule has 8 heteroatoms. The molecule has 1 aromatic carbocycles. The quantitative estimate of drug-likeness (QED) is 0.650. The van der Waals surface area contributed by atoms with Crippen molar-refractivity contribution < 1.29 is 19.1 Å². The highest BCUT2D eigenvalue weighted by Crippen LogP contribution is 2.37. The summed E-state index contributed by atoms with van der Waals surface area (Å²) in [6.45, 7) is 0.388. The predicted octanol–water partition coefficient (Wildman–Crippen LogP) is 2.17. The molecule has 0 radical (unpaired) electrons. The van der Waals surface area contributed by atoms with E-state index in [0.717, 1.165) is 0 Å². The minimum absolute atomic E-state index is 0.327. The number of carbonyl (C=O) groups is 3. The van der Waals surface area contributed by atoms with Crippen molar-refractivity contribution in [1.29, 1.82) is 0 Å². The molecule has 0 spiro atoms. The Morgan fingerprint density at radius 2 is 1.88 bits per heavy atom. The van der Waals surface area contributed by atoms with E-state index in [4.69, 9.17) is 27.9 Å². The van der Waals surface area contributed by atoms with Gasteiger partial charge in [-0.25, -0.2) is 4.79 Å². The summed E-state index contributed by atoms with van der Waals surface area (Å²) in [5.41, 5.74) is -0.402. The van der Waals surface area contributed by atoms with Crippen LogP contribution in [-0.2, 0) is 19.1 Å². The van der Waals surface area contributed by atoms with Gasteiger partial charge in [0, 0.05) is 22.3 Å². The minimum Gasteiger partial charge on any atom is -0.467 e. The second-order valence-electron chi connectivity index (χ2n) is 6.02. The topological polar surface area (TPSA) is 75.7 Å². The van der Waals surface area contributed by atoms with Crippen molar-refractivity contribution in [3.63, 3.8) is 0 Å². The van der Waals surface area contributed by atoms with Crippen molar-refractivity contribution in [1.82, 2.24) is 5.32 Å². The summed E-state index contributed by atoms with van der Waals surface area (Å²) in [5.74, 6) is -2.07. The maximum absolute atomic E-state index is 12.6. The molecule has 1 aromatic rings. The lowest BCUT2D eigenvalue weighted by Crippen LogP contribution is -2.47. The molecule has 3 rings (SSSR count). The molecule has 1 N–H and O–H groups in total.